The van der Waals surface area contributed by atoms with Crippen molar-refractivity contribution >= 4 is 23.0 Å². The molecule has 4 rings (SSSR count). The summed E-state index contributed by atoms with van der Waals surface area (Å²) in [4.78, 5) is 13.1. The number of aromatic nitrogens is 4. The van der Waals surface area contributed by atoms with Gasteiger partial charge in [-0.1, -0.05) is 19.9 Å². The molecule has 0 saturated carbocycles. The van der Waals surface area contributed by atoms with Crippen molar-refractivity contribution in [1.82, 2.24) is 19.6 Å². The van der Waals surface area contributed by atoms with Gasteiger partial charge >= 0.3 is 0 Å². The van der Waals surface area contributed by atoms with Gasteiger partial charge in [0.2, 0.25) is 0 Å². The average molecular weight is 418 g/mol. The van der Waals surface area contributed by atoms with E-state index in [9.17, 15) is 9.18 Å². The van der Waals surface area contributed by atoms with Crippen LogP contribution in [0.5, 0.6) is 0 Å². The summed E-state index contributed by atoms with van der Waals surface area (Å²) in [6.45, 7) is 3.98. The van der Waals surface area contributed by atoms with Gasteiger partial charge < -0.3 is 10.6 Å². The molecule has 0 aliphatic rings. The van der Waals surface area contributed by atoms with E-state index in [2.05, 4.69) is 20.8 Å². The van der Waals surface area contributed by atoms with Gasteiger partial charge in [-0.2, -0.15) is 10.2 Å². The lowest BCUT2D eigenvalue weighted by molar-refractivity contribution is 0.102. The maximum absolute atomic E-state index is 13.3. The fourth-order valence-electron chi connectivity index (χ4n) is 3.40. The maximum atomic E-state index is 13.3. The minimum absolute atomic E-state index is 0.0342. The normalized spacial score (nSPS) is 11.0. The maximum Gasteiger partial charge on any atom is 0.259 e. The predicted octanol–water partition coefficient (Wildman–Crippen LogP) is 4.86. The number of rotatable bonds is 6. The highest BCUT2D eigenvalue weighted by atomic mass is 19.1. The number of aryl methyl sites for hydroxylation is 1. The van der Waals surface area contributed by atoms with Crippen LogP contribution in [-0.4, -0.2) is 25.5 Å². The minimum atomic E-state index is -0.320. The Labute approximate surface area is 179 Å². The fraction of sp³-hybridized carbons (Fsp3) is 0.174. The van der Waals surface area contributed by atoms with Gasteiger partial charge in [0.1, 0.15) is 5.82 Å². The second-order valence-corrected chi connectivity index (χ2v) is 7.55. The summed E-state index contributed by atoms with van der Waals surface area (Å²) in [6.07, 6.45) is 5.14. The number of nitrogens with one attached hydrogen (secondary N) is 2. The number of carbonyl (C=O) groups excluding carboxylic acids is 1. The van der Waals surface area contributed by atoms with Gasteiger partial charge in [-0.3, -0.25) is 9.48 Å². The molecule has 158 valence electrons. The van der Waals surface area contributed by atoms with Crippen LogP contribution in [0, 0.1) is 5.82 Å². The van der Waals surface area contributed by atoms with Gasteiger partial charge in [0.25, 0.3) is 5.91 Å². The van der Waals surface area contributed by atoms with E-state index in [1.54, 1.807) is 33.9 Å². The van der Waals surface area contributed by atoms with Gasteiger partial charge in [0.15, 0.2) is 0 Å². The summed E-state index contributed by atoms with van der Waals surface area (Å²) in [5.74, 6) is -0.540. The molecular weight excluding hydrogens is 395 g/mol. The molecule has 4 aromatic rings. The molecule has 31 heavy (non-hydrogen) atoms. The lowest BCUT2D eigenvalue weighted by Gasteiger charge is -2.13. The predicted molar refractivity (Wildman–Crippen MR) is 118 cm³/mol. The summed E-state index contributed by atoms with van der Waals surface area (Å²) >= 11 is 0. The van der Waals surface area contributed by atoms with Crippen molar-refractivity contribution in [2.24, 2.45) is 7.05 Å². The Kier molecular flexibility index (Phi) is 5.53. The quantitative estimate of drug-likeness (QED) is 0.469. The zero-order chi connectivity index (χ0) is 22.0. The third-order valence-corrected chi connectivity index (χ3v) is 4.78. The highest BCUT2D eigenvalue weighted by Crippen LogP contribution is 2.25. The molecule has 0 fully saturated rings. The number of halogens is 1. The first-order valence-corrected chi connectivity index (χ1v) is 9.91. The number of amides is 1. The standard InChI is InChI=1S/C23H23FN6O/c1-15(2)22-21(13-26-30(22)20-9-7-16(24)8-10-20)23(31)28-18-6-4-5-17(11-18)27-19-12-25-29(3)14-19/h4-15,27H,1-3H3,(H,28,31). The number of nitrogens with zero attached hydrogens (tertiary/aromatic N) is 4. The van der Waals surface area contributed by atoms with Gasteiger partial charge in [0, 0.05) is 24.6 Å². The highest BCUT2D eigenvalue weighted by molar-refractivity contribution is 6.05. The lowest BCUT2D eigenvalue weighted by atomic mass is 10.0. The molecular formula is C23H23FN6O. The van der Waals surface area contributed by atoms with Gasteiger partial charge in [-0.15, -0.1) is 0 Å². The second-order valence-electron chi connectivity index (χ2n) is 7.55. The van der Waals surface area contributed by atoms with Crippen molar-refractivity contribution in [1.29, 1.82) is 0 Å². The van der Waals surface area contributed by atoms with E-state index < -0.39 is 0 Å². The molecule has 0 radical (unpaired) electrons. The van der Waals surface area contributed by atoms with Crippen molar-refractivity contribution in [3.8, 4) is 5.69 Å². The summed E-state index contributed by atoms with van der Waals surface area (Å²) in [6, 6.07) is 13.5. The molecule has 0 aliphatic heterocycles. The lowest BCUT2D eigenvalue weighted by Crippen LogP contribution is -2.15. The number of hydrogen-bond donors (Lipinski definition) is 2. The fourth-order valence-corrected chi connectivity index (χ4v) is 3.40. The van der Waals surface area contributed by atoms with E-state index >= 15 is 0 Å². The Morgan fingerprint density at radius 2 is 1.74 bits per heavy atom. The molecule has 0 spiro atoms. The smallest absolute Gasteiger partial charge is 0.259 e. The van der Waals surface area contributed by atoms with Crippen LogP contribution in [0.15, 0.2) is 67.1 Å². The van der Waals surface area contributed by atoms with Crippen LogP contribution in [0.1, 0.15) is 35.8 Å². The molecule has 7 nitrogen and oxygen atoms in total. The van der Waals surface area contributed by atoms with E-state index in [-0.39, 0.29) is 17.6 Å². The molecule has 0 aliphatic carbocycles. The summed E-state index contributed by atoms with van der Waals surface area (Å²) in [5.41, 5.74) is 4.28. The van der Waals surface area contributed by atoms with E-state index in [0.717, 1.165) is 17.1 Å². The van der Waals surface area contributed by atoms with Gasteiger partial charge in [0.05, 0.1) is 35.0 Å². The first-order valence-electron chi connectivity index (χ1n) is 9.91. The second kappa shape index (κ2) is 8.43. The molecule has 2 aromatic carbocycles. The Bertz CT molecular complexity index is 1210. The Balaban J connectivity index is 1.57. The van der Waals surface area contributed by atoms with Crippen molar-refractivity contribution in [2.45, 2.75) is 19.8 Å². The van der Waals surface area contributed by atoms with Crippen molar-refractivity contribution in [3.63, 3.8) is 0 Å². The first kappa shape index (κ1) is 20.3. The van der Waals surface area contributed by atoms with Crippen LogP contribution >= 0.6 is 0 Å². The topological polar surface area (TPSA) is 76.8 Å². The van der Waals surface area contributed by atoms with Crippen LogP contribution < -0.4 is 10.6 Å². The zero-order valence-electron chi connectivity index (χ0n) is 17.5. The molecule has 0 bridgehead atoms. The molecule has 2 heterocycles. The Morgan fingerprint density at radius 1 is 1.00 bits per heavy atom. The third-order valence-electron chi connectivity index (χ3n) is 4.78. The Morgan fingerprint density at radius 3 is 2.42 bits per heavy atom. The van der Waals surface area contributed by atoms with E-state index in [0.29, 0.717) is 16.9 Å². The van der Waals surface area contributed by atoms with Crippen LogP contribution in [0.25, 0.3) is 5.69 Å². The molecule has 0 saturated heterocycles. The summed E-state index contributed by atoms with van der Waals surface area (Å²) < 4.78 is 16.7. The highest BCUT2D eigenvalue weighted by Gasteiger charge is 2.21. The average Bonchev–Trinajstić information content (AvgIpc) is 3.35. The molecule has 2 N–H and O–H groups in total. The summed E-state index contributed by atoms with van der Waals surface area (Å²) in [5, 5.41) is 14.7. The number of anilines is 3. The van der Waals surface area contributed by atoms with Crippen LogP contribution in [0.3, 0.4) is 0 Å². The third kappa shape index (κ3) is 4.48. The van der Waals surface area contributed by atoms with Gasteiger partial charge in [-0.25, -0.2) is 9.07 Å². The van der Waals surface area contributed by atoms with Crippen LogP contribution in [0.4, 0.5) is 21.5 Å². The monoisotopic (exact) mass is 418 g/mol. The van der Waals surface area contributed by atoms with Gasteiger partial charge in [-0.05, 0) is 48.4 Å². The summed E-state index contributed by atoms with van der Waals surface area (Å²) in [7, 11) is 1.85. The molecule has 8 heteroatoms. The first-order chi connectivity index (χ1) is 14.9. The molecule has 0 atom stereocenters. The number of carbonyl (C=O) groups is 1. The molecule has 2 aromatic heterocycles. The van der Waals surface area contributed by atoms with Crippen molar-refractivity contribution in [3.05, 3.63) is 84.2 Å². The molecule has 1 amide bonds. The van der Waals surface area contributed by atoms with E-state index in [4.69, 9.17) is 0 Å². The SMILES string of the molecule is CC(C)c1c(C(=O)Nc2cccc(Nc3cnn(C)c3)c2)cnn1-c1ccc(F)cc1. The minimum Gasteiger partial charge on any atom is -0.353 e. The van der Waals surface area contributed by atoms with Crippen molar-refractivity contribution in [2.75, 3.05) is 10.6 Å². The largest absolute Gasteiger partial charge is 0.353 e. The van der Waals surface area contributed by atoms with E-state index in [1.165, 1.54) is 12.1 Å². The van der Waals surface area contributed by atoms with Crippen LogP contribution in [-0.2, 0) is 7.05 Å². The van der Waals surface area contributed by atoms with Crippen molar-refractivity contribution < 1.29 is 9.18 Å². The van der Waals surface area contributed by atoms with Crippen LogP contribution in [0.2, 0.25) is 0 Å². The number of benzene rings is 2. The Hall–Kier alpha value is -3.94. The molecule has 0 unspecified atom stereocenters. The zero-order valence-corrected chi connectivity index (χ0v) is 17.5. The van der Waals surface area contributed by atoms with E-state index in [1.807, 2.05) is 51.4 Å². The number of hydrogen-bond acceptors (Lipinski definition) is 4.